The molecule has 1 aromatic rings. The van der Waals surface area contributed by atoms with Crippen molar-refractivity contribution in [2.45, 2.75) is 124 Å². The second-order valence-electron chi connectivity index (χ2n) is 15.4. The Morgan fingerprint density at radius 3 is 2.15 bits per heavy atom. The van der Waals surface area contributed by atoms with Crippen LogP contribution in [0.15, 0.2) is 18.6 Å². The normalized spacial score (nSPS) is 22.8. The van der Waals surface area contributed by atoms with E-state index in [1.54, 1.807) is 4.90 Å². The zero-order chi connectivity index (χ0) is 34.7. The average molecular weight is 654 g/mol. The first-order valence-corrected chi connectivity index (χ1v) is 16.9. The lowest BCUT2D eigenvalue weighted by Crippen LogP contribution is -2.63. The second kappa shape index (κ2) is 14.5. The number of nitrogens with zero attached hydrogens (tertiary/aromatic N) is 3. The van der Waals surface area contributed by atoms with Gasteiger partial charge in [0.15, 0.2) is 0 Å². The van der Waals surface area contributed by atoms with Crippen LogP contribution in [0.4, 0.5) is 0 Å². The van der Waals surface area contributed by atoms with Gasteiger partial charge in [-0.1, -0.05) is 61.3 Å². The number of hydrogen-bond acceptors (Lipinski definition) is 8. The minimum Gasteiger partial charge on any atom is -0.347 e. The van der Waals surface area contributed by atoms with Crippen molar-refractivity contribution in [3.63, 3.8) is 0 Å². The molecule has 13 heteroatoms. The Bertz CT molecular complexity index is 1350. The van der Waals surface area contributed by atoms with E-state index in [1.165, 1.54) is 18.6 Å². The third-order valence-corrected chi connectivity index (χ3v) is 9.39. The number of rotatable bonds is 12. The third kappa shape index (κ3) is 8.72. The van der Waals surface area contributed by atoms with E-state index >= 15 is 0 Å². The summed E-state index contributed by atoms with van der Waals surface area (Å²) in [6.07, 6.45) is 9.24. The molecule has 4 N–H and O–H groups in total. The monoisotopic (exact) mass is 653 g/mol. The maximum Gasteiger partial charge on any atom is 0.289 e. The van der Waals surface area contributed by atoms with Gasteiger partial charge < -0.3 is 26.2 Å². The van der Waals surface area contributed by atoms with Crippen molar-refractivity contribution in [1.82, 2.24) is 36.1 Å². The van der Waals surface area contributed by atoms with Crippen molar-refractivity contribution in [1.29, 1.82) is 0 Å². The molecular weight excluding hydrogens is 602 g/mol. The van der Waals surface area contributed by atoms with Crippen molar-refractivity contribution in [2.24, 2.45) is 22.7 Å². The standard InChI is InChI=1S/C34H51N7O6/c1-8-10-22(25(42)30(45)37-20-13-14-20)38-29(44)24-21-12-9-11-19(21)18-41(24)32(47)27(34(5,6)7)40-31(46)26(33(2,3)4)39-28(43)23-17-35-15-16-36-23/h15-17,19-22,24,26-27H,8-14,18H2,1-7H3,(H,37,45)(H,38,44)(H,39,43)(H,40,46)/t19-,21-,22+,24+,26-,27-/m1/s1. The molecule has 2 saturated carbocycles. The molecule has 47 heavy (non-hydrogen) atoms. The predicted octanol–water partition coefficient (Wildman–Crippen LogP) is 1.91. The molecule has 1 aromatic heterocycles. The van der Waals surface area contributed by atoms with Crippen LogP contribution in [-0.2, 0) is 24.0 Å². The van der Waals surface area contributed by atoms with Gasteiger partial charge in [-0.05, 0) is 54.8 Å². The molecule has 3 aliphatic rings. The summed E-state index contributed by atoms with van der Waals surface area (Å²) in [4.78, 5) is 90.5. The van der Waals surface area contributed by atoms with Crippen LogP contribution in [0.3, 0.4) is 0 Å². The number of carbonyl (C=O) groups is 6. The molecule has 1 aliphatic heterocycles. The summed E-state index contributed by atoms with van der Waals surface area (Å²) >= 11 is 0. The number of aromatic nitrogens is 2. The van der Waals surface area contributed by atoms with Gasteiger partial charge >= 0.3 is 0 Å². The molecule has 0 spiro atoms. The van der Waals surface area contributed by atoms with Gasteiger partial charge in [0.25, 0.3) is 11.8 Å². The number of likely N-dealkylation sites (tertiary alicyclic amines) is 1. The highest BCUT2D eigenvalue weighted by Gasteiger charge is 2.52. The zero-order valence-electron chi connectivity index (χ0n) is 28.7. The first-order chi connectivity index (χ1) is 22.0. The summed E-state index contributed by atoms with van der Waals surface area (Å²) in [7, 11) is 0. The van der Waals surface area contributed by atoms with Crippen LogP contribution in [0.5, 0.6) is 0 Å². The zero-order valence-corrected chi connectivity index (χ0v) is 28.7. The lowest BCUT2D eigenvalue weighted by atomic mass is 9.82. The highest BCUT2D eigenvalue weighted by molar-refractivity contribution is 6.38. The van der Waals surface area contributed by atoms with Crippen LogP contribution in [0.1, 0.15) is 104 Å². The summed E-state index contributed by atoms with van der Waals surface area (Å²) < 4.78 is 0. The predicted molar refractivity (Wildman–Crippen MR) is 173 cm³/mol. The quantitative estimate of drug-likeness (QED) is 0.247. The van der Waals surface area contributed by atoms with Crippen LogP contribution in [0.2, 0.25) is 0 Å². The van der Waals surface area contributed by atoms with E-state index in [4.69, 9.17) is 0 Å². The molecule has 2 heterocycles. The van der Waals surface area contributed by atoms with Gasteiger partial charge in [0.1, 0.15) is 23.8 Å². The first-order valence-electron chi connectivity index (χ1n) is 16.9. The SMILES string of the molecule is CCC[C@H](NC(=O)[C@@H]1[C@@H]2CCC[C@@H]2CN1C(=O)[C@@H](NC(=O)[C@@H](NC(=O)c1cnccn1)C(C)(C)C)C(C)(C)C)C(=O)C(=O)NC1CC1. The number of amides is 5. The Morgan fingerprint density at radius 1 is 0.894 bits per heavy atom. The third-order valence-electron chi connectivity index (χ3n) is 9.39. The molecule has 13 nitrogen and oxygen atoms in total. The molecule has 6 atom stereocenters. The summed E-state index contributed by atoms with van der Waals surface area (Å²) in [5.41, 5.74) is -1.43. The molecule has 258 valence electrons. The van der Waals surface area contributed by atoms with E-state index in [0.717, 1.165) is 32.1 Å². The van der Waals surface area contributed by atoms with Gasteiger partial charge in [-0.25, -0.2) is 4.98 Å². The Hall–Kier alpha value is -3.90. The molecule has 0 aromatic carbocycles. The molecule has 4 rings (SSSR count). The smallest absolute Gasteiger partial charge is 0.289 e. The molecular formula is C34H51N7O6. The minimum absolute atomic E-state index is 0.00868. The van der Waals surface area contributed by atoms with E-state index in [1.807, 2.05) is 48.5 Å². The van der Waals surface area contributed by atoms with Gasteiger partial charge in [0.05, 0.1) is 12.2 Å². The summed E-state index contributed by atoms with van der Waals surface area (Å²) in [6, 6.07) is -3.87. The first kappa shape index (κ1) is 35.9. The largest absolute Gasteiger partial charge is 0.347 e. The maximum absolute atomic E-state index is 14.5. The Balaban J connectivity index is 1.55. The lowest BCUT2D eigenvalue weighted by Gasteiger charge is -2.38. The summed E-state index contributed by atoms with van der Waals surface area (Å²) in [5, 5.41) is 11.2. The Morgan fingerprint density at radius 2 is 1.57 bits per heavy atom. The van der Waals surface area contributed by atoms with Gasteiger partial charge in [-0.3, -0.25) is 33.8 Å². The fraction of sp³-hybridized carbons (Fsp3) is 0.706. The van der Waals surface area contributed by atoms with Gasteiger partial charge in [-0.2, -0.15) is 0 Å². The second-order valence-corrected chi connectivity index (χ2v) is 15.4. The fourth-order valence-corrected chi connectivity index (χ4v) is 6.66. The van der Waals surface area contributed by atoms with Crippen molar-refractivity contribution in [2.75, 3.05) is 6.54 Å². The molecule has 5 amide bonds. The highest BCUT2D eigenvalue weighted by atomic mass is 16.2. The topological polar surface area (TPSA) is 180 Å². The van der Waals surface area contributed by atoms with Crippen LogP contribution in [0.25, 0.3) is 0 Å². The maximum atomic E-state index is 14.5. The number of hydrogen-bond donors (Lipinski definition) is 4. The Labute approximate surface area is 277 Å². The summed E-state index contributed by atoms with van der Waals surface area (Å²) in [6.45, 7) is 13.2. The van der Waals surface area contributed by atoms with Crippen molar-refractivity contribution in [3.05, 3.63) is 24.3 Å². The van der Waals surface area contributed by atoms with E-state index in [0.29, 0.717) is 19.4 Å². The van der Waals surface area contributed by atoms with Crippen LogP contribution in [-0.4, -0.2) is 86.9 Å². The van der Waals surface area contributed by atoms with E-state index < -0.39 is 70.3 Å². The molecule has 0 radical (unpaired) electrons. The number of fused-ring (bicyclic) bond motifs is 1. The molecule has 0 unspecified atom stereocenters. The van der Waals surface area contributed by atoms with Gasteiger partial charge in [-0.15, -0.1) is 0 Å². The molecule has 0 bridgehead atoms. The summed E-state index contributed by atoms with van der Waals surface area (Å²) in [5.74, 6) is -3.34. The van der Waals surface area contributed by atoms with Crippen molar-refractivity contribution >= 4 is 35.3 Å². The molecule has 1 saturated heterocycles. The van der Waals surface area contributed by atoms with E-state index in [9.17, 15) is 28.8 Å². The van der Waals surface area contributed by atoms with Gasteiger partial charge in [0.2, 0.25) is 23.5 Å². The van der Waals surface area contributed by atoms with Crippen molar-refractivity contribution in [3.8, 4) is 0 Å². The average Bonchev–Trinajstić information content (AvgIpc) is 3.57. The minimum atomic E-state index is -1.03. The number of Topliss-reactive ketones (excluding diaryl/α,β-unsaturated/α-hetero) is 1. The number of carbonyl (C=O) groups excluding carboxylic acids is 6. The Kier molecular flexibility index (Phi) is 11.1. The number of nitrogens with one attached hydrogen (secondary N) is 4. The number of ketones is 1. The fourth-order valence-electron chi connectivity index (χ4n) is 6.66. The van der Waals surface area contributed by atoms with E-state index in [2.05, 4.69) is 31.2 Å². The molecule has 3 fully saturated rings. The van der Waals surface area contributed by atoms with Crippen LogP contribution >= 0.6 is 0 Å². The van der Waals surface area contributed by atoms with E-state index in [-0.39, 0.29) is 23.6 Å². The lowest BCUT2D eigenvalue weighted by molar-refractivity contribution is -0.146. The van der Waals surface area contributed by atoms with Crippen LogP contribution < -0.4 is 21.3 Å². The molecule has 2 aliphatic carbocycles. The highest BCUT2D eigenvalue weighted by Crippen LogP contribution is 2.43. The van der Waals surface area contributed by atoms with Crippen LogP contribution in [0, 0.1) is 22.7 Å². The van der Waals surface area contributed by atoms with Crippen molar-refractivity contribution < 1.29 is 28.8 Å². The van der Waals surface area contributed by atoms with Gasteiger partial charge in [0, 0.05) is 25.0 Å².